The molecule has 0 radical (unpaired) electrons. The molecule has 2 heteroatoms. The fraction of sp³-hybridized carbons (Fsp3) is 0. The summed E-state index contributed by atoms with van der Waals surface area (Å²) >= 11 is 0. The van der Waals surface area contributed by atoms with Gasteiger partial charge in [-0.15, -0.1) is 0 Å². The van der Waals surface area contributed by atoms with Crippen molar-refractivity contribution in [2.24, 2.45) is 0 Å². The summed E-state index contributed by atoms with van der Waals surface area (Å²) in [5, 5.41) is 14.1. The molecule has 54 heavy (non-hydrogen) atoms. The molecule has 0 bridgehead atoms. The molecule has 0 spiro atoms. The van der Waals surface area contributed by atoms with Gasteiger partial charge in [0.25, 0.3) is 0 Å². The van der Waals surface area contributed by atoms with Gasteiger partial charge in [-0.3, -0.25) is 0 Å². The van der Waals surface area contributed by atoms with Crippen LogP contribution in [-0.2, 0) is 0 Å². The van der Waals surface area contributed by atoms with Crippen LogP contribution in [0.3, 0.4) is 0 Å². The highest BCUT2D eigenvalue weighted by Crippen LogP contribution is 2.47. The first-order valence-corrected chi connectivity index (χ1v) is 18.5. The van der Waals surface area contributed by atoms with Gasteiger partial charge >= 0.3 is 0 Å². The van der Waals surface area contributed by atoms with Gasteiger partial charge in [0.1, 0.15) is 22.3 Å². The van der Waals surface area contributed by atoms with Gasteiger partial charge in [-0.2, -0.15) is 0 Å². The van der Waals surface area contributed by atoms with Gasteiger partial charge in [-0.1, -0.05) is 146 Å². The summed E-state index contributed by atoms with van der Waals surface area (Å²) in [5.74, 6) is 0. The zero-order valence-electron chi connectivity index (χ0n) is 29.1. The van der Waals surface area contributed by atoms with Crippen LogP contribution in [0.15, 0.2) is 191 Å². The van der Waals surface area contributed by atoms with Crippen molar-refractivity contribution in [2.45, 2.75) is 0 Å². The quantitative estimate of drug-likeness (QED) is 0.173. The Labute approximate surface area is 310 Å². The summed E-state index contributed by atoms with van der Waals surface area (Å²) in [6.07, 6.45) is 0. The molecule has 2 nitrogen and oxygen atoms in total. The van der Waals surface area contributed by atoms with Crippen molar-refractivity contribution in [1.82, 2.24) is 0 Å². The Morgan fingerprint density at radius 2 is 0.833 bits per heavy atom. The summed E-state index contributed by atoms with van der Waals surface area (Å²) in [6.45, 7) is 0. The SMILES string of the molecule is c1ccc(-c2c3ccccc3c(-c3ccc(-c4ccc5oc6c7cc8c(cc7ccc6c5c4)oc4ccccc48)c4ccccc34)c3ccccc23)cc1. The summed E-state index contributed by atoms with van der Waals surface area (Å²) < 4.78 is 12.9. The van der Waals surface area contributed by atoms with E-state index in [1.165, 1.54) is 65.7 Å². The second-order valence-electron chi connectivity index (χ2n) is 14.3. The lowest BCUT2D eigenvalue weighted by molar-refractivity contribution is 0.669. The monoisotopic (exact) mass is 686 g/mol. The predicted molar refractivity (Wildman–Crippen MR) is 227 cm³/mol. The minimum absolute atomic E-state index is 0.885. The van der Waals surface area contributed by atoms with Crippen molar-refractivity contribution < 1.29 is 8.83 Å². The first-order chi connectivity index (χ1) is 26.8. The van der Waals surface area contributed by atoms with E-state index in [1.807, 2.05) is 12.1 Å². The fourth-order valence-electron chi connectivity index (χ4n) is 9.05. The first kappa shape index (κ1) is 29.4. The van der Waals surface area contributed by atoms with Gasteiger partial charge in [0.05, 0.1) is 0 Å². The van der Waals surface area contributed by atoms with Crippen LogP contribution in [0.2, 0.25) is 0 Å². The Kier molecular flexibility index (Phi) is 6.09. The molecule has 0 fully saturated rings. The topological polar surface area (TPSA) is 26.3 Å². The molecule has 0 aliphatic rings. The number of rotatable bonds is 3. The maximum absolute atomic E-state index is 6.65. The molecule has 0 saturated heterocycles. The molecule has 10 aromatic carbocycles. The van der Waals surface area contributed by atoms with Crippen LogP contribution >= 0.6 is 0 Å². The minimum Gasteiger partial charge on any atom is -0.456 e. The molecular weight excluding hydrogens is 657 g/mol. The van der Waals surface area contributed by atoms with E-state index in [0.717, 1.165) is 54.6 Å². The van der Waals surface area contributed by atoms with Crippen molar-refractivity contribution in [3.8, 4) is 33.4 Å². The number of hydrogen-bond acceptors (Lipinski definition) is 2. The van der Waals surface area contributed by atoms with Crippen molar-refractivity contribution >= 4 is 87.0 Å². The first-order valence-electron chi connectivity index (χ1n) is 18.5. The zero-order chi connectivity index (χ0) is 35.3. The summed E-state index contributed by atoms with van der Waals surface area (Å²) in [5.41, 5.74) is 11.0. The van der Waals surface area contributed by atoms with Crippen molar-refractivity contribution in [2.75, 3.05) is 0 Å². The lowest BCUT2D eigenvalue weighted by atomic mass is 9.84. The van der Waals surface area contributed by atoms with E-state index in [9.17, 15) is 0 Å². The third-order valence-corrected chi connectivity index (χ3v) is 11.4. The Balaban J connectivity index is 1.07. The number of para-hydroxylation sites is 1. The van der Waals surface area contributed by atoms with E-state index in [4.69, 9.17) is 8.83 Å². The average molecular weight is 687 g/mol. The molecule has 2 aromatic heterocycles. The predicted octanol–water partition coefficient (Wildman–Crippen LogP) is 15.1. The Morgan fingerprint density at radius 1 is 0.259 bits per heavy atom. The van der Waals surface area contributed by atoms with Crippen LogP contribution in [-0.4, -0.2) is 0 Å². The van der Waals surface area contributed by atoms with Gasteiger partial charge in [-0.25, -0.2) is 0 Å². The Hall–Kier alpha value is -7.16. The summed E-state index contributed by atoms with van der Waals surface area (Å²) in [7, 11) is 0. The molecule has 0 amide bonds. The second-order valence-corrected chi connectivity index (χ2v) is 14.3. The number of fused-ring (bicyclic) bond motifs is 11. The molecule has 2 heterocycles. The number of hydrogen-bond donors (Lipinski definition) is 0. The normalized spacial score (nSPS) is 12.1. The van der Waals surface area contributed by atoms with Crippen LogP contribution in [0.25, 0.3) is 120 Å². The fourth-order valence-corrected chi connectivity index (χ4v) is 9.05. The third-order valence-electron chi connectivity index (χ3n) is 11.4. The summed E-state index contributed by atoms with van der Waals surface area (Å²) in [6, 6.07) is 65.7. The van der Waals surface area contributed by atoms with E-state index in [2.05, 4.69) is 170 Å². The highest BCUT2D eigenvalue weighted by molar-refractivity contribution is 6.25. The third kappa shape index (κ3) is 4.17. The molecule has 12 aromatic rings. The molecule has 250 valence electrons. The van der Waals surface area contributed by atoms with Crippen LogP contribution in [0.5, 0.6) is 0 Å². The molecule has 0 unspecified atom stereocenters. The van der Waals surface area contributed by atoms with E-state index >= 15 is 0 Å². The van der Waals surface area contributed by atoms with E-state index in [0.29, 0.717) is 0 Å². The molecule has 0 saturated carbocycles. The van der Waals surface area contributed by atoms with E-state index in [1.54, 1.807) is 0 Å². The lowest BCUT2D eigenvalue weighted by Crippen LogP contribution is -1.92. The highest BCUT2D eigenvalue weighted by Gasteiger charge is 2.20. The van der Waals surface area contributed by atoms with Crippen LogP contribution in [0.1, 0.15) is 0 Å². The number of furan rings is 2. The maximum atomic E-state index is 6.65. The lowest BCUT2D eigenvalue weighted by Gasteiger charge is -2.19. The van der Waals surface area contributed by atoms with Gasteiger partial charge in [-0.05, 0) is 107 Å². The van der Waals surface area contributed by atoms with Gasteiger partial charge in [0, 0.05) is 26.9 Å². The maximum Gasteiger partial charge on any atom is 0.143 e. The minimum atomic E-state index is 0.885. The standard InChI is InChI=1S/C52H30O2/c1-2-12-31(13-3-1)50-38-17-6-8-19-40(38)51(41-20-9-7-18-39(41)50)42-26-25-34(35-14-4-5-15-36(35)42)32-23-27-48-45(28-32)43-24-22-33-29-49-46(30-44(33)52(43)54-48)37-16-10-11-21-47(37)53-49/h1-30H. The molecular formula is C52H30O2. The average Bonchev–Trinajstić information content (AvgIpc) is 3.79. The Bertz CT molecular complexity index is 3430. The molecule has 12 rings (SSSR count). The largest absolute Gasteiger partial charge is 0.456 e. The van der Waals surface area contributed by atoms with Crippen LogP contribution < -0.4 is 0 Å². The van der Waals surface area contributed by atoms with Crippen molar-refractivity contribution in [3.63, 3.8) is 0 Å². The smallest absolute Gasteiger partial charge is 0.143 e. The summed E-state index contributed by atoms with van der Waals surface area (Å²) in [4.78, 5) is 0. The van der Waals surface area contributed by atoms with E-state index in [-0.39, 0.29) is 0 Å². The Morgan fingerprint density at radius 3 is 1.57 bits per heavy atom. The van der Waals surface area contributed by atoms with Crippen LogP contribution in [0, 0.1) is 0 Å². The second kappa shape index (κ2) is 11.2. The molecule has 0 aliphatic heterocycles. The van der Waals surface area contributed by atoms with Crippen LogP contribution in [0.4, 0.5) is 0 Å². The van der Waals surface area contributed by atoms with Gasteiger partial charge < -0.3 is 8.83 Å². The molecule has 0 N–H and O–H groups in total. The van der Waals surface area contributed by atoms with Gasteiger partial charge in [0.15, 0.2) is 0 Å². The van der Waals surface area contributed by atoms with E-state index < -0.39 is 0 Å². The highest BCUT2D eigenvalue weighted by atomic mass is 16.3. The van der Waals surface area contributed by atoms with Crippen molar-refractivity contribution in [1.29, 1.82) is 0 Å². The molecule has 0 aliphatic carbocycles. The zero-order valence-corrected chi connectivity index (χ0v) is 29.1. The molecule has 0 atom stereocenters. The number of benzene rings is 10. The van der Waals surface area contributed by atoms with Gasteiger partial charge in [0.2, 0.25) is 0 Å². The van der Waals surface area contributed by atoms with Crippen molar-refractivity contribution in [3.05, 3.63) is 182 Å².